The maximum absolute atomic E-state index is 4.89. The minimum absolute atomic E-state index is 0. The molecule has 5 heteroatoms. The summed E-state index contributed by atoms with van der Waals surface area (Å²) >= 11 is 0. The summed E-state index contributed by atoms with van der Waals surface area (Å²) in [5.41, 5.74) is 2.78. The van der Waals surface area contributed by atoms with E-state index in [0.717, 1.165) is 58.1 Å². The van der Waals surface area contributed by atoms with Crippen LogP contribution >= 0.6 is 24.0 Å². The second-order valence-corrected chi connectivity index (χ2v) is 6.97. The molecule has 26 heavy (non-hydrogen) atoms. The molecule has 2 aliphatic heterocycles. The SMILES string of the molecule is CCNC(=NCCc1ccc(CC)cc1)N1CCC(N2CC=CC2)C1.I. The Morgan fingerprint density at radius 1 is 1.12 bits per heavy atom. The van der Waals surface area contributed by atoms with Crippen molar-refractivity contribution in [3.05, 3.63) is 47.5 Å². The van der Waals surface area contributed by atoms with Gasteiger partial charge in [0.25, 0.3) is 0 Å². The molecule has 1 N–H and O–H groups in total. The van der Waals surface area contributed by atoms with E-state index in [2.05, 4.69) is 65.4 Å². The Kier molecular flexibility index (Phi) is 8.91. The molecule has 0 aliphatic carbocycles. The Balaban J connectivity index is 0.00000243. The molecule has 0 bridgehead atoms. The van der Waals surface area contributed by atoms with Crippen LogP contribution in [0.5, 0.6) is 0 Å². The lowest BCUT2D eigenvalue weighted by Gasteiger charge is -2.25. The van der Waals surface area contributed by atoms with Gasteiger partial charge in [-0.3, -0.25) is 9.89 Å². The van der Waals surface area contributed by atoms with Gasteiger partial charge in [0.1, 0.15) is 0 Å². The quantitative estimate of drug-likeness (QED) is 0.301. The number of halogens is 1. The lowest BCUT2D eigenvalue weighted by atomic mass is 10.1. The Morgan fingerprint density at radius 2 is 1.81 bits per heavy atom. The van der Waals surface area contributed by atoms with E-state index < -0.39 is 0 Å². The minimum atomic E-state index is 0. The first-order chi connectivity index (χ1) is 12.3. The predicted molar refractivity (Wildman–Crippen MR) is 122 cm³/mol. The molecule has 1 unspecified atom stereocenters. The zero-order valence-corrected chi connectivity index (χ0v) is 18.5. The van der Waals surface area contributed by atoms with Gasteiger partial charge in [-0.25, -0.2) is 0 Å². The van der Waals surface area contributed by atoms with Crippen LogP contribution in [-0.4, -0.2) is 61.1 Å². The van der Waals surface area contributed by atoms with Crippen molar-refractivity contribution in [2.75, 3.05) is 39.3 Å². The lowest BCUT2D eigenvalue weighted by molar-refractivity contribution is 0.259. The van der Waals surface area contributed by atoms with E-state index in [-0.39, 0.29) is 24.0 Å². The Bertz CT molecular complexity index is 589. The highest BCUT2D eigenvalue weighted by Gasteiger charge is 2.29. The summed E-state index contributed by atoms with van der Waals surface area (Å²) < 4.78 is 0. The Hall–Kier alpha value is -1.08. The average Bonchev–Trinajstić information content (AvgIpc) is 3.33. The van der Waals surface area contributed by atoms with Gasteiger partial charge < -0.3 is 10.2 Å². The van der Waals surface area contributed by atoms with Crippen LogP contribution in [0.4, 0.5) is 0 Å². The number of aliphatic imine (C=N–C) groups is 1. The maximum Gasteiger partial charge on any atom is 0.193 e. The summed E-state index contributed by atoms with van der Waals surface area (Å²) in [5.74, 6) is 1.09. The molecule has 1 aromatic carbocycles. The average molecular weight is 468 g/mol. The van der Waals surface area contributed by atoms with Gasteiger partial charge in [-0.1, -0.05) is 43.3 Å². The molecule has 0 aromatic heterocycles. The topological polar surface area (TPSA) is 30.9 Å². The molecule has 0 amide bonds. The summed E-state index contributed by atoms with van der Waals surface area (Å²) in [4.78, 5) is 9.90. The van der Waals surface area contributed by atoms with Crippen LogP contribution < -0.4 is 5.32 Å². The second kappa shape index (κ2) is 10.9. The molecular weight excluding hydrogens is 435 g/mol. The fourth-order valence-corrected chi connectivity index (χ4v) is 3.68. The van der Waals surface area contributed by atoms with Crippen molar-refractivity contribution in [3.63, 3.8) is 0 Å². The number of rotatable bonds is 6. The third kappa shape index (κ3) is 5.71. The number of hydrogen-bond donors (Lipinski definition) is 1. The molecule has 3 rings (SSSR count). The van der Waals surface area contributed by atoms with Crippen molar-refractivity contribution < 1.29 is 0 Å². The van der Waals surface area contributed by atoms with Crippen LogP contribution in [0, 0.1) is 0 Å². The van der Waals surface area contributed by atoms with Crippen molar-refractivity contribution in [2.45, 2.75) is 39.2 Å². The van der Waals surface area contributed by atoms with Gasteiger partial charge in [0, 0.05) is 45.3 Å². The van der Waals surface area contributed by atoms with Crippen molar-refractivity contribution >= 4 is 29.9 Å². The standard InChI is InChI=1S/C21H32N4.HI/c1-3-18-7-9-19(10-8-18)11-13-23-21(22-4-2)25-16-12-20(17-25)24-14-5-6-15-24;/h5-10,20H,3-4,11-17H2,1-2H3,(H,22,23);1H. The molecule has 2 aliphatic rings. The number of benzene rings is 1. The largest absolute Gasteiger partial charge is 0.357 e. The number of nitrogens with zero attached hydrogens (tertiary/aromatic N) is 3. The van der Waals surface area contributed by atoms with Gasteiger partial charge in [0.2, 0.25) is 0 Å². The van der Waals surface area contributed by atoms with Gasteiger partial charge in [0.15, 0.2) is 5.96 Å². The first-order valence-corrected chi connectivity index (χ1v) is 9.80. The molecule has 4 nitrogen and oxygen atoms in total. The molecule has 1 fully saturated rings. The Morgan fingerprint density at radius 3 is 2.46 bits per heavy atom. The molecule has 1 atom stereocenters. The number of nitrogens with one attached hydrogen (secondary N) is 1. The van der Waals surface area contributed by atoms with E-state index in [0.29, 0.717) is 6.04 Å². The highest BCUT2D eigenvalue weighted by Crippen LogP contribution is 2.18. The molecule has 1 aromatic rings. The summed E-state index contributed by atoms with van der Waals surface area (Å²) in [6, 6.07) is 9.63. The molecule has 0 radical (unpaired) electrons. The van der Waals surface area contributed by atoms with E-state index in [1.165, 1.54) is 17.5 Å². The van der Waals surface area contributed by atoms with Crippen molar-refractivity contribution in [2.24, 2.45) is 4.99 Å². The number of hydrogen-bond acceptors (Lipinski definition) is 2. The molecule has 2 heterocycles. The van der Waals surface area contributed by atoms with Crippen molar-refractivity contribution in [3.8, 4) is 0 Å². The summed E-state index contributed by atoms with van der Waals surface area (Å²) in [6.07, 6.45) is 7.92. The van der Waals surface area contributed by atoms with Crippen LogP contribution in [0.25, 0.3) is 0 Å². The molecular formula is C21H33IN4. The van der Waals surface area contributed by atoms with Gasteiger partial charge in [-0.05, 0) is 37.3 Å². The van der Waals surface area contributed by atoms with E-state index in [9.17, 15) is 0 Å². The summed E-state index contributed by atoms with van der Waals surface area (Å²) in [7, 11) is 0. The minimum Gasteiger partial charge on any atom is -0.357 e. The molecule has 144 valence electrons. The van der Waals surface area contributed by atoms with Gasteiger partial charge in [0.05, 0.1) is 0 Å². The molecule has 0 saturated carbocycles. The van der Waals surface area contributed by atoms with Gasteiger partial charge >= 0.3 is 0 Å². The van der Waals surface area contributed by atoms with E-state index in [4.69, 9.17) is 4.99 Å². The third-order valence-corrected chi connectivity index (χ3v) is 5.25. The fraction of sp³-hybridized carbons (Fsp3) is 0.571. The highest BCUT2D eigenvalue weighted by atomic mass is 127. The Labute approximate surface area is 175 Å². The zero-order chi connectivity index (χ0) is 17.5. The van der Waals surface area contributed by atoms with Crippen molar-refractivity contribution in [1.82, 2.24) is 15.1 Å². The molecule has 1 saturated heterocycles. The lowest BCUT2D eigenvalue weighted by Crippen LogP contribution is -2.43. The van der Waals surface area contributed by atoms with E-state index in [1.54, 1.807) is 0 Å². The second-order valence-electron chi connectivity index (χ2n) is 6.97. The van der Waals surface area contributed by atoms with E-state index >= 15 is 0 Å². The summed E-state index contributed by atoms with van der Waals surface area (Å²) in [6.45, 7) is 10.5. The highest BCUT2D eigenvalue weighted by molar-refractivity contribution is 14.0. The number of aryl methyl sites for hydroxylation is 1. The number of likely N-dealkylation sites (tertiary alicyclic amines) is 1. The predicted octanol–water partition coefficient (Wildman–Crippen LogP) is 3.32. The summed E-state index contributed by atoms with van der Waals surface area (Å²) in [5, 5.41) is 3.48. The van der Waals surface area contributed by atoms with Crippen molar-refractivity contribution in [1.29, 1.82) is 0 Å². The maximum atomic E-state index is 4.89. The third-order valence-electron chi connectivity index (χ3n) is 5.25. The monoisotopic (exact) mass is 468 g/mol. The number of guanidine groups is 1. The fourth-order valence-electron chi connectivity index (χ4n) is 3.68. The molecule has 0 spiro atoms. The zero-order valence-electron chi connectivity index (χ0n) is 16.2. The first-order valence-electron chi connectivity index (χ1n) is 9.80. The van der Waals surface area contributed by atoms with E-state index in [1.807, 2.05) is 0 Å². The van der Waals surface area contributed by atoms with Crippen LogP contribution in [0.1, 0.15) is 31.4 Å². The normalized spacial score (nSPS) is 20.5. The van der Waals surface area contributed by atoms with Crippen LogP contribution in [-0.2, 0) is 12.8 Å². The van der Waals surface area contributed by atoms with Crippen LogP contribution in [0.2, 0.25) is 0 Å². The first kappa shape index (κ1) is 21.2. The van der Waals surface area contributed by atoms with Crippen LogP contribution in [0.3, 0.4) is 0 Å². The van der Waals surface area contributed by atoms with Crippen LogP contribution in [0.15, 0.2) is 41.4 Å². The smallest absolute Gasteiger partial charge is 0.193 e. The van der Waals surface area contributed by atoms with Gasteiger partial charge in [-0.2, -0.15) is 0 Å². The van der Waals surface area contributed by atoms with Gasteiger partial charge in [-0.15, -0.1) is 24.0 Å².